The number of nitrogens with zero attached hydrogens (tertiary/aromatic N) is 6. The Morgan fingerprint density at radius 3 is 2.48 bits per heavy atom. The smallest absolute Gasteiger partial charge is 0.261 e. The molecular formula is C22H24N8O. The van der Waals surface area contributed by atoms with Crippen molar-refractivity contribution in [1.29, 1.82) is 0 Å². The molecule has 3 heterocycles. The summed E-state index contributed by atoms with van der Waals surface area (Å²) >= 11 is 0. The van der Waals surface area contributed by atoms with Crippen molar-refractivity contribution in [3.05, 3.63) is 60.4 Å². The number of hydrogen-bond donors (Lipinski definition) is 2. The minimum absolute atomic E-state index is 0.267. The molecule has 0 radical (unpaired) electrons. The van der Waals surface area contributed by atoms with Crippen molar-refractivity contribution in [2.45, 2.75) is 31.7 Å². The van der Waals surface area contributed by atoms with Crippen LogP contribution in [0.25, 0.3) is 22.6 Å². The lowest BCUT2D eigenvalue weighted by Crippen LogP contribution is -2.28. The van der Waals surface area contributed by atoms with Gasteiger partial charge in [0.2, 0.25) is 5.95 Å². The van der Waals surface area contributed by atoms with Gasteiger partial charge in [-0.2, -0.15) is 10.1 Å². The summed E-state index contributed by atoms with van der Waals surface area (Å²) in [6.45, 7) is 3.36. The molecule has 1 aromatic carbocycles. The van der Waals surface area contributed by atoms with Gasteiger partial charge in [-0.3, -0.25) is 4.68 Å². The van der Waals surface area contributed by atoms with E-state index >= 15 is 0 Å². The summed E-state index contributed by atoms with van der Waals surface area (Å²) in [5.74, 6) is 1.91. The zero-order valence-corrected chi connectivity index (χ0v) is 17.3. The number of rotatable bonds is 7. The molecule has 0 spiro atoms. The average molecular weight is 416 g/mol. The summed E-state index contributed by atoms with van der Waals surface area (Å²) < 4.78 is 7.39. The molecule has 0 amide bonds. The van der Waals surface area contributed by atoms with Crippen molar-refractivity contribution < 1.29 is 4.52 Å². The van der Waals surface area contributed by atoms with Gasteiger partial charge in [0.25, 0.3) is 5.89 Å². The molecule has 9 heteroatoms. The van der Waals surface area contributed by atoms with Crippen LogP contribution in [0.4, 0.5) is 5.95 Å². The average Bonchev–Trinajstić information content (AvgIpc) is 3.35. The Kier molecular flexibility index (Phi) is 4.74. The van der Waals surface area contributed by atoms with Gasteiger partial charge < -0.3 is 16.0 Å². The van der Waals surface area contributed by atoms with Crippen LogP contribution in [0, 0.1) is 5.92 Å². The first-order valence-electron chi connectivity index (χ1n) is 10.3. The highest BCUT2D eigenvalue weighted by atomic mass is 16.5. The van der Waals surface area contributed by atoms with E-state index in [2.05, 4.69) is 51.4 Å². The molecule has 9 nitrogen and oxygen atoms in total. The van der Waals surface area contributed by atoms with E-state index in [4.69, 9.17) is 21.0 Å². The summed E-state index contributed by atoms with van der Waals surface area (Å²) in [5, 5.41) is 8.66. The summed E-state index contributed by atoms with van der Waals surface area (Å²) in [7, 11) is 0. The predicted octanol–water partition coefficient (Wildman–Crippen LogP) is 2.65. The molecule has 3 aromatic heterocycles. The first-order chi connectivity index (χ1) is 15.1. The van der Waals surface area contributed by atoms with Crippen LogP contribution < -0.4 is 11.5 Å². The maximum absolute atomic E-state index is 5.62. The minimum Gasteiger partial charge on any atom is -0.368 e. The standard InChI is InChI=1S/C22H24N8O/c1-22(18-6-7-18,17-4-2-14(3-5-17)15-10-25-21(24)26-11-15)20-28-19(31-29-20)16-12-27-30(13-16)9-8-23/h2-5,10-13,18H,6-9,23H2,1H3,(H2,24,25,26)/t22-/m1/s1. The van der Waals surface area contributed by atoms with Gasteiger partial charge in [0.15, 0.2) is 5.82 Å². The van der Waals surface area contributed by atoms with Crippen molar-refractivity contribution in [3.63, 3.8) is 0 Å². The maximum Gasteiger partial charge on any atom is 0.261 e. The highest BCUT2D eigenvalue weighted by Gasteiger charge is 2.47. The van der Waals surface area contributed by atoms with Gasteiger partial charge in [-0.15, -0.1) is 0 Å². The van der Waals surface area contributed by atoms with Gasteiger partial charge in [0, 0.05) is 30.7 Å². The number of hydrogen-bond acceptors (Lipinski definition) is 8. The number of benzene rings is 1. The molecule has 0 saturated heterocycles. The van der Waals surface area contributed by atoms with Crippen LogP contribution in [0.2, 0.25) is 0 Å². The fraction of sp³-hybridized carbons (Fsp3) is 0.318. The molecule has 0 aliphatic heterocycles. The van der Waals surface area contributed by atoms with Crippen molar-refractivity contribution in [2.75, 3.05) is 12.3 Å². The molecule has 1 saturated carbocycles. The van der Waals surface area contributed by atoms with E-state index in [9.17, 15) is 0 Å². The van der Waals surface area contributed by atoms with Gasteiger partial charge >= 0.3 is 0 Å². The fourth-order valence-corrected chi connectivity index (χ4v) is 3.98. The Balaban J connectivity index is 1.46. The third-order valence-electron chi connectivity index (χ3n) is 6.01. The lowest BCUT2D eigenvalue weighted by atomic mass is 9.77. The number of nitrogen functional groups attached to an aromatic ring is 1. The van der Waals surface area contributed by atoms with Crippen LogP contribution in [-0.2, 0) is 12.0 Å². The lowest BCUT2D eigenvalue weighted by molar-refractivity contribution is 0.386. The molecule has 4 N–H and O–H groups in total. The molecule has 5 rings (SSSR count). The Morgan fingerprint density at radius 1 is 1.06 bits per heavy atom. The topological polar surface area (TPSA) is 135 Å². The summed E-state index contributed by atoms with van der Waals surface area (Å²) in [6.07, 6.45) is 9.35. The normalized spacial score (nSPS) is 15.7. The Morgan fingerprint density at radius 2 is 1.81 bits per heavy atom. The molecule has 1 atom stereocenters. The fourth-order valence-electron chi connectivity index (χ4n) is 3.98. The monoisotopic (exact) mass is 416 g/mol. The molecule has 4 aromatic rings. The number of nitrogens with two attached hydrogens (primary N) is 2. The molecular weight excluding hydrogens is 392 g/mol. The van der Waals surface area contributed by atoms with Crippen LogP contribution in [-0.4, -0.2) is 36.4 Å². The van der Waals surface area contributed by atoms with Crippen molar-refractivity contribution >= 4 is 5.95 Å². The zero-order valence-electron chi connectivity index (χ0n) is 17.3. The largest absolute Gasteiger partial charge is 0.368 e. The van der Waals surface area contributed by atoms with E-state index in [1.807, 2.05) is 6.20 Å². The van der Waals surface area contributed by atoms with Gasteiger partial charge in [-0.1, -0.05) is 29.4 Å². The minimum atomic E-state index is -0.328. The number of anilines is 1. The van der Waals surface area contributed by atoms with E-state index in [0.29, 0.717) is 30.7 Å². The van der Waals surface area contributed by atoms with Gasteiger partial charge in [-0.25, -0.2) is 9.97 Å². The Bertz CT molecular complexity index is 1180. The summed E-state index contributed by atoms with van der Waals surface area (Å²) in [4.78, 5) is 12.9. The van der Waals surface area contributed by atoms with E-state index in [1.54, 1.807) is 23.3 Å². The summed E-state index contributed by atoms with van der Waals surface area (Å²) in [6, 6.07) is 8.39. The quantitative estimate of drug-likeness (QED) is 0.469. The van der Waals surface area contributed by atoms with Crippen molar-refractivity contribution in [3.8, 4) is 22.6 Å². The molecule has 0 unspecified atom stereocenters. The SMILES string of the molecule is C[C@](c1ccc(-c2cnc(N)nc2)cc1)(c1noc(-c2cnn(CCN)c2)n1)C1CC1. The first-order valence-corrected chi connectivity index (χ1v) is 10.3. The van der Waals surface area contributed by atoms with E-state index in [1.165, 1.54) is 0 Å². The Labute approximate surface area is 179 Å². The molecule has 1 fully saturated rings. The summed E-state index contributed by atoms with van der Waals surface area (Å²) in [5.41, 5.74) is 14.8. The first kappa shape index (κ1) is 19.4. The second-order valence-corrected chi connectivity index (χ2v) is 8.09. The van der Waals surface area contributed by atoms with Crippen LogP contribution in [0.3, 0.4) is 0 Å². The molecule has 0 bridgehead atoms. The highest BCUT2D eigenvalue weighted by Crippen LogP contribution is 2.50. The van der Waals surface area contributed by atoms with Crippen molar-refractivity contribution in [2.24, 2.45) is 11.7 Å². The maximum atomic E-state index is 5.62. The Hall–Kier alpha value is -3.59. The van der Waals surface area contributed by atoms with E-state index in [0.717, 1.165) is 35.1 Å². The van der Waals surface area contributed by atoms with Gasteiger partial charge in [0.1, 0.15) is 0 Å². The van der Waals surface area contributed by atoms with Crippen LogP contribution >= 0.6 is 0 Å². The van der Waals surface area contributed by atoms with E-state index < -0.39 is 0 Å². The van der Waals surface area contributed by atoms with Crippen molar-refractivity contribution in [1.82, 2.24) is 29.9 Å². The van der Waals surface area contributed by atoms with E-state index in [-0.39, 0.29) is 11.4 Å². The van der Waals surface area contributed by atoms with Crippen LogP contribution in [0.15, 0.2) is 53.6 Å². The second-order valence-electron chi connectivity index (χ2n) is 8.09. The molecule has 31 heavy (non-hydrogen) atoms. The zero-order chi connectivity index (χ0) is 21.4. The van der Waals surface area contributed by atoms with Crippen LogP contribution in [0.5, 0.6) is 0 Å². The molecule has 158 valence electrons. The molecule has 1 aliphatic rings. The van der Waals surface area contributed by atoms with Crippen LogP contribution in [0.1, 0.15) is 31.2 Å². The number of aromatic nitrogens is 6. The predicted molar refractivity (Wildman–Crippen MR) is 116 cm³/mol. The highest BCUT2D eigenvalue weighted by molar-refractivity contribution is 5.63. The van der Waals surface area contributed by atoms with Gasteiger partial charge in [-0.05, 0) is 36.8 Å². The molecule has 1 aliphatic carbocycles. The second kappa shape index (κ2) is 7.59. The van der Waals surface area contributed by atoms with Gasteiger partial charge in [0.05, 0.1) is 23.7 Å². The third kappa shape index (κ3) is 3.57. The lowest BCUT2D eigenvalue weighted by Gasteiger charge is -2.27. The third-order valence-corrected chi connectivity index (χ3v) is 6.01.